The van der Waals surface area contributed by atoms with Crippen LogP contribution in [0.15, 0.2) is 24.3 Å². The van der Waals surface area contributed by atoms with Gasteiger partial charge in [0, 0.05) is 11.7 Å². The van der Waals surface area contributed by atoms with E-state index in [9.17, 15) is 22.8 Å². The number of rotatable bonds is 8. The van der Waals surface area contributed by atoms with Gasteiger partial charge < -0.3 is 16.0 Å². The second kappa shape index (κ2) is 7.55. The minimum Gasteiger partial charge on any atom is -0.376 e. The summed E-state index contributed by atoms with van der Waals surface area (Å²) in [6, 6.07) is 6.43. The maximum Gasteiger partial charge on any atom is 0.405 e. The minimum absolute atomic E-state index is 0.0283. The molecule has 0 saturated heterocycles. The lowest BCUT2D eigenvalue weighted by Crippen LogP contribution is -2.41. The van der Waals surface area contributed by atoms with Gasteiger partial charge in [-0.2, -0.15) is 13.2 Å². The van der Waals surface area contributed by atoms with Gasteiger partial charge in [-0.25, -0.2) is 0 Å². The molecule has 0 spiro atoms. The summed E-state index contributed by atoms with van der Waals surface area (Å²) in [5.41, 5.74) is 0.405. The summed E-state index contributed by atoms with van der Waals surface area (Å²) in [7, 11) is 0. The van der Waals surface area contributed by atoms with Crippen LogP contribution in [0.1, 0.15) is 36.0 Å². The number of hydrogen-bond donors (Lipinski definition) is 3. The molecule has 2 amide bonds. The van der Waals surface area contributed by atoms with Gasteiger partial charge >= 0.3 is 6.18 Å². The number of hydrogen-bond acceptors (Lipinski definition) is 3. The second-order valence-electron chi connectivity index (χ2n) is 6.97. The van der Waals surface area contributed by atoms with Crippen LogP contribution in [0, 0.1) is 11.8 Å². The fourth-order valence-corrected chi connectivity index (χ4v) is 3.05. The fourth-order valence-electron chi connectivity index (χ4n) is 3.05. The van der Waals surface area contributed by atoms with Crippen molar-refractivity contribution in [1.82, 2.24) is 10.6 Å². The maximum atomic E-state index is 12.3. The number of benzene rings is 1. The van der Waals surface area contributed by atoms with Gasteiger partial charge in [-0.05, 0) is 49.7 Å². The van der Waals surface area contributed by atoms with E-state index in [2.05, 4.69) is 10.6 Å². The number of carbonyl (C=O) groups excluding carboxylic acids is 2. The topological polar surface area (TPSA) is 70.2 Å². The van der Waals surface area contributed by atoms with Crippen molar-refractivity contribution >= 4 is 17.5 Å². The molecule has 3 N–H and O–H groups in total. The Morgan fingerprint density at radius 3 is 2.27 bits per heavy atom. The lowest BCUT2D eigenvalue weighted by molar-refractivity contribution is -0.123. The molecule has 8 heteroatoms. The Balaban J connectivity index is 1.54. The Hall–Kier alpha value is -2.25. The average molecular weight is 369 g/mol. The second-order valence-corrected chi connectivity index (χ2v) is 6.97. The van der Waals surface area contributed by atoms with E-state index >= 15 is 0 Å². The van der Waals surface area contributed by atoms with Crippen molar-refractivity contribution in [3.63, 3.8) is 0 Å². The van der Waals surface area contributed by atoms with Gasteiger partial charge in [-0.15, -0.1) is 0 Å². The van der Waals surface area contributed by atoms with E-state index in [1.165, 1.54) is 6.07 Å². The molecule has 2 fully saturated rings. The quantitative estimate of drug-likeness (QED) is 0.660. The number of amides is 2. The Morgan fingerprint density at radius 2 is 1.69 bits per heavy atom. The zero-order valence-corrected chi connectivity index (χ0v) is 14.2. The zero-order chi connectivity index (χ0) is 18.7. The molecule has 2 saturated carbocycles. The normalized spacial score (nSPS) is 17.1. The van der Waals surface area contributed by atoms with E-state index in [-0.39, 0.29) is 24.1 Å². The molecule has 1 aromatic carbocycles. The monoisotopic (exact) mass is 369 g/mol. The largest absolute Gasteiger partial charge is 0.405 e. The number of alkyl halides is 3. The average Bonchev–Trinajstić information content (AvgIpc) is 3.47. The molecule has 26 heavy (non-hydrogen) atoms. The minimum atomic E-state index is -4.47. The van der Waals surface area contributed by atoms with Crippen LogP contribution < -0.4 is 16.0 Å². The molecular weight excluding hydrogens is 347 g/mol. The molecule has 0 radical (unpaired) electrons. The zero-order valence-electron chi connectivity index (χ0n) is 14.2. The number of carbonyl (C=O) groups is 2. The van der Waals surface area contributed by atoms with Gasteiger partial charge in [-0.1, -0.05) is 12.1 Å². The highest BCUT2D eigenvalue weighted by molar-refractivity contribution is 6.00. The molecular formula is C18H22F3N3O2. The molecule has 2 aliphatic carbocycles. The maximum absolute atomic E-state index is 12.3. The summed E-state index contributed by atoms with van der Waals surface area (Å²) in [5.74, 6) is 0.151. The summed E-state index contributed by atoms with van der Waals surface area (Å²) < 4.78 is 36.8. The van der Waals surface area contributed by atoms with Crippen molar-refractivity contribution in [1.29, 1.82) is 0 Å². The van der Waals surface area contributed by atoms with Crippen LogP contribution in [0.4, 0.5) is 18.9 Å². The lowest BCUT2D eigenvalue weighted by atomic mass is 10.1. The van der Waals surface area contributed by atoms with E-state index in [0.717, 1.165) is 25.7 Å². The van der Waals surface area contributed by atoms with Crippen molar-refractivity contribution in [2.75, 3.05) is 18.4 Å². The molecule has 3 rings (SSSR count). The molecule has 0 aromatic heterocycles. The fraction of sp³-hybridized carbons (Fsp3) is 0.556. The lowest BCUT2D eigenvalue weighted by Gasteiger charge is -2.18. The Kier molecular flexibility index (Phi) is 5.38. The predicted molar refractivity (Wildman–Crippen MR) is 90.7 cm³/mol. The molecule has 1 aromatic rings. The first kappa shape index (κ1) is 18.5. The Labute approximate surface area is 149 Å². The van der Waals surface area contributed by atoms with Gasteiger partial charge in [0.25, 0.3) is 5.91 Å². The third kappa shape index (κ3) is 5.37. The molecule has 0 heterocycles. The van der Waals surface area contributed by atoms with Crippen LogP contribution in [0.25, 0.3) is 0 Å². The van der Waals surface area contributed by atoms with Gasteiger partial charge in [0.1, 0.15) is 6.54 Å². The number of halogens is 3. The summed E-state index contributed by atoms with van der Waals surface area (Å²) in [4.78, 5) is 24.2. The predicted octanol–water partition coefficient (Wildman–Crippen LogP) is 2.70. The Bertz CT molecular complexity index is 658. The standard InChI is InChI=1S/C18H22F3N3O2/c19-18(20,21)10-23-17(26)13-3-1-2-4-14(13)22-9-15(25)24-16(11-5-6-11)12-7-8-12/h1-4,11-12,16,22H,5-10H2,(H,23,26)(H,24,25). The number of anilines is 1. The summed E-state index contributed by atoms with van der Waals surface area (Å²) in [6.45, 7) is -1.43. The van der Waals surface area contributed by atoms with Crippen LogP contribution in [-0.2, 0) is 4.79 Å². The Morgan fingerprint density at radius 1 is 1.08 bits per heavy atom. The summed E-state index contributed by atoms with van der Waals surface area (Å²) in [6.07, 6.45) is 0.126. The highest BCUT2D eigenvalue weighted by Gasteiger charge is 2.42. The van der Waals surface area contributed by atoms with Crippen molar-refractivity contribution in [3.05, 3.63) is 29.8 Å². The summed E-state index contributed by atoms with van der Waals surface area (Å²) >= 11 is 0. The van der Waals surface area contributed by atoms with Gasteiger partial charge in [0.2, 0.25) is 5.91 Å². The van der Waals surface area contributed by atoms with Crippen molar-refractivity contribution in [3.8, 4) is 0 Å². The number of para-hydroxylation sites is 1. The van der Waals surface area contributed by atoms with E-state index in [1.807, 2.05) is 5.32 Å². The molecule has 2 aliphatic rings. The first-order valence-corrected chi connectivity index (χ1v) is 8.81. The molecule has 0 unspecified atom stereocenters. The summed E-state index contributed by atoms with van der Waals surface area (Å²) in [5, 5.41) is 7.76. The molecule has 0 bridgehead atoms. The van der Waals surface area contributed by atoms with Crippen LogP contribution in [-0.4, -0.2) is 37.1 Å². The molecule has 5 nitrogen and oxygen atoms in total. The first-order chi connectivity index (χ1) is 12.3. The van der Waals surface area contributed by atoms with Crippen LogP contribution >= 0.6 is 0 Å². The first-order valence-electron chi connectivity index (χ1n) is 8.81. The third-order valence-corrected chi connectivity index (χ3v) is 4.65. The van der Waals surface area contributed by atoms with Crippen molar-refractivity contribution in [2.45, 2.75) is 37.9 Å². The van der Waals surface area contributed by atoms with Crippen molar-refractivity contribution in [2.24, 2.45) is 11.8 Å². The van der Waals surface area contributed by atoms with Gasteiger partial charge in [0.15, 0.2) is 0 Å². The highest BCUT2D eigenvalue weighted by atomic mass is 19.4. The van der Waals surface area contributed by atoms with Gasteiger partial charge in [-0.3, -0.25) is 9.59 Å². The highest BCUT2D eigenvalue weighted by Crippen LogP contribution is 2.44. The van der Waals surface area contributed by atoms with Crippen LogP contribution in [0.3, 0.4) is 0 Å². The SMILES string of the molecule is O=C(CNc1ccccc1C(=O)NCC(F)(F)F)NC(C1CC1)C1CC1. The van der Waals surface area contributed by atoms with Gasteiger partial charge in [0.05, 0.1) is 12.1 Å². The van der Waals surface area contributed by atoms with E-state index < -0.39 is 18.6 Å². The third-order valence-electron chi connectivity index (χ3n) is 4.65. The van der Waals surface area contributed by atoms with Crippen LogP contribution in [0.2, 0.25) is 0 Å². The number of nitrogens with one attached hydrogen (secondary N) is 3. The van der Waals surface area contributed by atoms with Crippen LogP contribution in [0.5, 0.6) is 0 Å². The molecule has 0 aliphatic heterocycles. The molecule has 142 valence electrons. The van der Waals surface area contributed by atoms with E-state index in [0.29, 0.717) is 17.5 Å². The molecule has 0 atom stereocenters. The van der Waals surface area contributed by atoms with E-state index in [1.54, 1.807) is 18.2 Å². The van der Waals surface area contributed by atoms with Crippen molar-refractivity contribution < 1.29 is 22.8 Å². The smallest absolute Gasteiger partial charge is 0.376 e. The van der Waals surface area contributed by atoms with E-state index in [4.69, 9.17) is 0 Å².